The van der Waals surface area contributed by atoms with E-state index in [4.69, 9.17) is 11.5 Å². The average molecular weight is 150 g/mol. The van der Waals surface area contributed by atoms with E-state index in [-0.39, 0.29) is 6.04 Å². The SMILES string of the molecule is C[C@H](N)c1ccc(CN)cc1. The summed E-state index contributed by atoms with van der Waals surface area (Å²) < 4.78 is 0. The van der Waals surface area contributed by atoms with Crippen LogP contribution in [0.15, 0.2) is 24.3 Å². The van der Waals surface area contributed by atoms with Gasteiger partial charge in [-0.15, -0.1) is 0 Å². The second-order valence-electron chi connectivity index (χ2n) is 2.73. The summed E-state index contributed by atoms with van der Waals surface area (Å²) in [6.45, 7) is 2.57. The van der Waals surface area contributed by atoms with Crippen molar-refractivity contribution in [1.82, 2.24) is 0 Å². The monoisotopic (exact) mass is 150 g/mol. The van der Waals surface area contributed by atoms with Crippen LogP contribution >= 0.6 is 0 Å². The summed E-state index contributed by atoms with van der Waals surface area (Å²) >= 11 is 0. The maximum Gasteiger partial charge on any atom is 0.0266 e. The zero-order valence-electron chi connectivity index (χ0n) is 6.75. The number of hydrogen-bond acceptors (Lipinski definition) is 2. The molecule has 0 amide bonds. The number of nitrogens with two attached hydrogens (primary N) is 2. The van der Waals surface area contributed by atoms with E-state index in [0.717, 1.165) is 11.1 Å². The van der Waals surface area contributed by atoms with Crippen LogP contribution in [-0.2, 0) is 6.54 Å². The molecule has 0 saturated carbocycles. The van der Waals surface area contributed by atoms with E-state index < -0.39 is 0 Å². The van der Waals surface area contributed by atoms with Gasteiger partial charge in [-0.1, -0.05) is 24.3 Å². The van der Waals surface area contributed by atoms with E-state index >= 15 is 0 Å². The highest BCUT2D eigenvalue weighted by molar-refractivity contribution is 5.24. The first-order valence-electron chi connectivity index (χ1n) is 3.78. The van der Waals surface area contributed by atoms with E-state index in [2.05, 4.69) is 0 Å². The molecular formula is C9H14N2. The molecular weight excluding hydrogens is 136 g/mol. The van der Waals surface area contributed by atoms with Gasteiger partial charge in [0.25, 0.3) is 0 Å². The van der Waals surface area contributed by atoms with Crippen molar-refractivity contribution < 1.29 is 0 Å². The number of rotatable bonds is 2. The second-order valence-corrected chi connectivity index (χ2v) is 2.73. The molecule has 0 heterocycles. The minimum Gasteiger partial charge on any atom is -0.326 e. The summed E-state index contributed by atoms with van der Waals surface area (Å²) in [6, 6.07) is 8.18. The molecule has 0 spiro atoms. The Hall–Kier alpha value is -0.860. The molecule has 0 fully saturated rings. The first kappa shape index (κ1) is 8.24. The van der Waals surface area contributed by atoms with Crippen molar-refractivity contribution in [1.29, 1.82) is 0 Å². The summed E-state index contributed by atoms with van der Waals surface area (Å²) in [7, 11) is 0. The lowest BCUT2D eigenvalue weighted by Gasteiger charge is -2.05. The Morgan fingerprint density at radius 3 is 2.18 bits per heavy atom. The Morgan fingerprint density at radius 2 is 1.82 bits per heavy atom. The molecule has 0 aliphatic heterocycles. The summed E-state index contributed by atoms with van der Waals surface area (Å²) in [6.07, 6.45) is 0. The van der Waals surface area contributed by atoms with Crippen molar-refractivity contribution in [2.45, 2.75) is 19.5 Å². The molecule has 0 saturated heterocycles. The van der Waals surface area contributed by atoms with Crippen LogP contribution in [0.3, 0.4) is 0 Å². The van der Waals surface area contributed by atoms with Crippen LogP contribution in [0.1, 0.15) is 24.1 Å². The van der Waals surface area contributed by atoms with Gasteiger partial charge in [-0.2, -0.15) is 0 Å². The van der Waals surface area contributed by atoms with Crippen molar-refractivity contribution in [3.05, 3.63) is 35.4 Å². The van der Waals surface area contributed by atoms with Crippen LogP contribution in [0.25, 0.3) is 0 Å². The Labute approximate surface area is 67.2 Å². The third-order valence-corrected chi connectivity index (χ3v) is 1.74. The molecule has 1 aromatic carbocycles. The third-order valence-electron chi connectivity index (χ3n) is 1.74. The molecule has 0 radical (unpaired) electrons. The lowest BCUT2D eigenvalue weighted by atomic mass is 10.1. The van der Waals surface area contributed by atoms with Crippen molar-refractivity contribution in [3.63, 3.8) is 0 Å². The lowest BCUT2D eigenvalue weighted by molar-refractivity contribution is 0.817. The third kappa shape index (κ3) is 2.03. The van der Waals surface area contributed by atoms with Crippen molar-refractivity contribution in [3.8, 4) is 0 Å². The molecule has 2 nitrogen and oxygen atoms in total. The van der Waals surface area contributed by atoms with Crippen LogP contribution in [0.2, 0.25) is 0 Å². The van der Waals surface area contributed by atoms with E-state index in [9.17, 15) is 0 Å². The Kier molecular flexibility index (Phi) is 2.63. The van der Waals surface area contributed by atoms with Gasteiger partial charge in [-0.05, 0) is 18.1 Å². The molecule has 0 aliphatic rings. The number of hydrogen-bond donors (Lipinski definition) is 2. The molecule has 60 valence electrons. The fraction of sp³-hybridized carbons (Fsp3) is 0.333. The van der Waals surface area contributed by atoms with Gasteiger partial charge >= 0.3 is 0 Å². The molecule has 4 N–H and O–H groups in total. The maximum absolute atomic E-state index is 5.67. The minimum absolute atomic E-state index is 0.113. The smallest absolute Gasteiger partial charge is 0.0266 e. The Bertz CT molecular complexity index is 214. The molecule has 1 rings (SSSR count). The highest BCUT2D eigenvalue weighted by Crippen LogP contribution is 2.09. The minimum atomic E-state index is 0.113. The zero-order valence-corrected chi connectivity index (χ0v) is 6.75. The van der Waals surface area contributed by atoms with Gasteiger partial charge in [0.1, 0.15) is 0 Å². The van der Waals surface area contributed by atoms with Crippen LogP contribution in [-0.4, -0.2) is 0 Å². The van der Waals surface area contributed by atoms with E-state index in [1.165, 1.54) is 0 Å². The molecule has 1 aromatic rings. The molecule has 0 aliphatic carbocycles. The average Bonchev–Trinajstić information content (AvgIpc) is 2.05. The predicted octanol–water partition coefficient (Wildman–Crippen LogP) is 1.17. The van der Waals surface area contributed by atoms with Gasteiger partial charge in [0.15, 0.2) is 0 Å². The van der Waals surface area contributed by atoms with Gasteiger partial charge in [0, 0.05) is 12.6 Å². The second kappa shape index (κ2) is 3.51. The van der Waals surface area contributed by atoms with Gasteiger partial charge in [0.2, 0.25) is 0 Å². The van der Waals surface area contributed by atoms with Crippen molar-refractivity contribution in [2.24, 2.45) is 11.5 Å². The van der Waals surface area contributed by atoms with Crippen molar-refractivity contribution in [2.75, 3.05) is 0 Å². The molecule has 0 unspecified atom stereocenters. The molecule has 11 heavy (non-hydrogen) atoms. The zero-order chi connectivity index (χ0) is 8.27. The largest absolute Gasteiger partial charge is 0.326 e. The summed E-state index contributed by atoms with van der Waals surface area (Å²) in [5, 5.41) is 0. The Morgan fingerprint density at radius 1 is 1.27 bits per heavy atom. The molecule has 1 atom stereocenters. The van der Waals surface area contributed by atoms with Crippen molar-refractivity contribution >= 4 is 0 Å². The molecule has 0 bridgehead atoms. The quantitative estimate of drug-likeness (QED) is 0.664. The fourth-order valence-corrected chi connectivity index (χ4v) is 0.957. The standard InChI is InChI=1S/C9H14N2/c1-7(11)9-4-2-8(6-10)3-5-9/h2-5,7H,6,10-11H2,1H3/t7-/m0/s1. The van der Waals surface area contributed by atoms with Gasteiger partial charge in [0.05, 0.1) is 0 Å². The topological polar surface area (TPSA) is 52.0 Å². The van der Waals surface area contributed by atoms with Gasteiger partial charge in [-0.25, -0.2) is 0 Å². The fourth-order valence-electron chi connectivity index (χ4n) is 0.957. The summed E-state index contributed by atoms with van der Waals surface area (Å²) in [5.74, 6) is 0. The van der Waals surface area contributed by atoms with Crippen LogP contribution in [0.4, 0.5) is 0 Å². The first-order valence-corrected chi connectivity index (χ1v) is 3.78. The highest BCUT2D eigenvalue weighted by Gasteiger charge is 1.96. The van der Waals surface area contributed by atoms with Crippen LogP contribution in [0, 0.1) is 0 Å². The first-order chi connectivity index (χ1) is 5.24. The van der Waals surface area contributed by atoms with Gasteiger partial charge < -0.3 is 11.5 Å². The molecule has 0 aromatic heterocycles. The normalized spacial score (nSPS) is 13.0. The van der Waals surface area contributed by atoms with Crippen LogP contribution in [0.5, 0.6) is 0 Å². The van der Waals surface area contributed by atoms with E-state index in [1.807, 2.05) is 31.2 Å². The molecule has 2 heteroatoms. The lowest BCUT2D eigenvalue weighted by Crippen LogP contribution is -2.05. The van der Waals surface area contributed by atoms with Crippen LogP contribution < -0.4 is 11.5 Å². The van der Waals surface area contributed by atoms with Gasteiger partial charge in [-0.3, -0.25) is 0 Å². The maximum atomic E-state index is 5.67. The van der Waals surface area contributed by atoms with E-state index in [0.29, 0.717) is 6.54 Å². The summed E-state index contributed by atoms with van der Waals surface area (Å²) in [4.78, 5) is 0. The van der Waals surface area contributed by atoms with E-state index in [1.54, 1.807) is 0 Å². The Balaban J connectivity index is 2.83. The predicted molar refractivity (Wildman–Crippen MR) is 46.9 cm³/mol. The highest BCUT2D eigenvalue weighted by atomic mass is 14.6. The number of benzene rings is 1. The summed E-state index contributed by atoms with van der Waals surface area (Å²) in [5.41, 5.74) is 13.4.